The molecule has 1 aromatic carbocycles. The number of carbonyl (C=O) groups excluding carboxylic acids is 1. The van der Waals surface area contributed by atoms with Gasteiger partial charge in [-0.15, -0.1) is 5.11 Å². The second-order valence-corrected chi connectivity index (χ2v) is 18.9. The number of hydrogen-bond donors (Lipinski definition) is 6. The molecule has 51 heavy (non-hydrogen) atoms. The van der Waals surface area contributed by atoms with E-state index in [2.05, 4.69) is 35.4 Å². The number of nitrogens with one attached hydrogen (secondary N) is 4. The minimum Gasteiger partial charge on any atom is -0.748 e. The van der Waals surface area contributed by atoms with Crippen LogP contribution in [-0.2, 0) is 24.9 Å². The van der Waals surface area contributed by atoms with Gasteiger partial charge in [0.05, 0.1) is 51.1 Å². The monoisotopic (exact) mass is 779 g/mol. The van der Waals surface area contributed by atoms with Crippen molar-refractivity contribution in [2.75, 3.05) is 7.11 Å². The fourth-order valence-electron chi connectivity index (χ4n) is 7.90. The number of methoxy groups -OCH3 is 1. The SMILES string of the molecule is COC(=O)NC1CC(N=Nc2snc3ccc(S(=O)(=O)NC4CC(C)(C)NC(C)(C)C4)cc23)C/C(=C(/NO)C2CCCC(S(=O)(=O)[O-])C2)C1O.[Na+]. The first-order valence-corrected chi connectivity index (χ1v) is 20.3. The van der Waals surface area contributed by atoms with E-state index in [-0.39, 0.29) is 88.5 Å². The average Bonchev–Trinajstić information content (AvgIpc) is 3.42. The van der Waals surface area contributed by atoms with Gasteiger partial charge in [0.25, 0.3) is 0 Å². The standard InChI is InChI=1S/C31H47N7O9S3.Na/c1-30(2)15-19(16-31(3,4)38-30)37-49(42,43)20-9-10-24-22(14-20)28(48-36-24)34-33-18-12-23(27(39)25(13-18)32-29(40)47-5)26(35-41)17-7-6-8-21(11-17)50(44,45)46;/h9-10,14,17-19,21,25,27,35,37-39,41H,6-8,11-13,15-16H2,1-5H3,(H,32,40)(H,44,45,46);/q;+1/p-1/b26-23-,34-33?;. The summed E-state index contributed by atoms with van der Waals surface area (Å²) in [5.74, 6) is -0.567. The molecule has 0 spiro atoms. The number of hydrogen-bond acceptors (Lipinski definition) is 15. The number of aromatic nitrogens is 1. The molecule has 2 aromatic rings. The Labute approximate surface area is 324 Å². The molecule has 278 valence electrons. The first-order chi connectivity index (χ1) is 23.3. The summed E-state index contributed by atoms with van der Waals surface area (Å²) in [5.41, 5.74) is 2.61. The van der Waals surface area contributed by atoms with Crippen LogP contribution in [0.5, 0.6) is 0 Å². The molecule has 2 heterocycles. The molecule has 2 aliphatic carbocycles. The van der Waals surface area contributed by atoms with E-state index in [0.29, 0.717) is 41.6 Å². The summed E-state index contributed by atoms with van der Waals surface area (Å²) >= 11 is 1.03. The van der Waals surface area contributed by atoms with Crippen LogP contribution in [0.3, 0.4) is 0 Å². The van der Waals surface area contributed by atoms with Crippen LogP contribution in [-0.4, -0.2) is 89.8 Å². The van der Waals surface area contributed by atoms with Gasteiger partial charge in [-0.05, 0) is 108 Å². The average molecular weight is 780 g/mol. The number of amides is 1. The van der Waals surface area contributed by atoms with Crippen LogP contribution in [0, 0.1) is 5.92 Å². The molecular weight excluding hydrogens is 734 g/mol. The predicted molar refractivity (Wildman–Crippen MR) is 185 cm³/mol. The number of fused-ring (bicyclic) bond motifs is 1. The zero-order chi connectivity index (χ0) is 36.6. The van der Waals surface area contributed by atoms with Crippen LogP contribution in [0.1, 0.15) is 79.1 Å². The first-order valence-electron chi connectivity index (χ1n) is 16.5. The summed E-state index contributed by atoms with van der Waals surface area (Å²) in [4.78, 5) is 12.2. The number of ether oxygens (including phenoxy) is 1. The van der Waals surface area contributed by atoms with Crippen LogP contribution in [0.25, 0.3) is 10.9 Å². The zero-order valence-corrected chi connectivity index (χ0v) is 34.1. The molecule has 1 amide bonds. The summed E-state index contributed by atoms with van der Waals surface area (Å²) < 4.78 is 74.6. The molecule has 2 saturated carbocycles. The molecule has 5 unspecified atom stereocenters. The molecule has 3 fully saturated rings. The van der Waals surface area contributed by atoms with Crippen molar-refractivity contribution in [3.63, 3.8) is 0 Å². The Morgan fingerprint density at radius 2 is 1.80 bits per heavy atom. The molecule has 20 heteroatoms. The molecule has 3 aliphatic rings. The normalized spacial score (nSPS) is 28.2. The van der Waals surface area contributed by atoms with Gasteiger partial charge in [-0.3, -0.25) is 10.7 Å². The maximum absolute atomic E-state index is 13.6. The van der Waals surface area contributed by atoms with Crippen LogP contribution < -0.4 is 50.4 Å². The number of benzene rings is 1. The van der Waals surface area contributed by atoms with Gasteiger partial charge >= 0.3 is 35.7 Å². The molecule has 0 bridgehead atoms. The summed E-state index contributed by atoms with van der Waals surface area (Å²) in [7, 11) is -7.29. The largest absolute Gasteiger partial charge is 1.00 e. The fraction of sp³-hybridized carbons (Fsp3) is 0.677. The molecule has 1 aliphatic heterocycles. The topological polar surface area (TPSA) is 244 Å². The Bertz CT molecular complexity index is 1850. The number of azo groups is 1. The molecule has 1 aromatic heterocycles. The van der Waals surface area contributed by atoms with E-state index in [1.54, 1.807) is 6.07 Å². The van der Waals surface area contributed by atoms with E-state index in [1.807, 2.05) is 27.7 Å². The van der Waals surface area contributed by atoms with Gasteiger partial charge in [0.1, 0.15) is 0 Å². The summed E-state index contributed by atoms with van der Waals surface area (Å²) in [6.07, 6.45) is 0.418. The number of piperidine rings is 1. The molecule has 16 nitrogen and oxygen atoms in total. The van der Waals surface area contributed by atoms with Crippen molar-refractivity contribution in [2.45, 2.75) is 125 Å². The van der Waals surface area contributed by atoms with Crippen molar-refractivity contribution >= 4 is 53.7 Å². The maximum Gasteiger partial charge on any atom is 1.00 e. The predicted octanol–water partition coefficient (Wildman–Crippen LogP) is 0.556. The number of alkyl carbamates (subject to hydrolysis) is 1. The smallest absolute Gasteiger partial charge is 0.748 e. The van der Waals surface area contributed by atoms with Crippen molar-refractivity contribution in [3.05, 3.63) is 29.5 Å². The Morgan fingerprint density at radius 3 is 2.43 bits per heavy atom. The van der Waals surface area contributed by atoms with Crippen molar-refractivity contribution < 1.29 is 70.8 Å². The number of allylic oxidation sites excluding steroid dienone is 1. The third-order valence-corrected chi connectivity index (χ3v) is 13.2. The van der Waals surface area contributed by atoms with Gasteiger partial charge in [-0.1, -0.05) is 6.42 Å². The van der Waals surface area contributed by atoms with E-state index < -0.39 is 55.6 Å². The van der Waals surface area contributed by atoms with Gasteiger partial charge in [-0.2, -0.15) is 9.49 Å². The Balaban J connectivity index is 0.00000583. The number of aliphatic hydroxyl groups excluding tert-OH is 1. The van der Waals surface area contributed by atoms with Gasteiger partial charge < -0.3 is 25.0 Å². The molecule has 1 saturated heterocycles. The minimum absolute atomic E-state index is 0. The number of nitrogens with zero attached hydrogens (tertiary/aromatic N) is 3. The minimum atomic E-state index is -4.57. The number of hydroxylamine groups is 1. The van der Waals surface area contributed by atoms with Crippen molar-refractivity contribution in [1.82, 2.24) is 25.2 Å². The van der Waals surface area contributed by atoms with Crippen molar-refractivity contribution in [2.24, 2.45) is 16.1 Å². The van der Waals surface area contributed by atoms with E-state index in [4.69, 9.17) is 4.74 Å². The first kappa shape index (κ1) is 42.0. The second-order valence-electron chi connectivity index (χ2n) is 14.8. The fourth-order valence-corrected chi connectivity index (χ4v) is 10.8. The zero-order valence-electron chi connectivity index (χ0n) is 29.7. The van der Waals surface area contributed by atoms with Crippen molar-refractivity contribution in [1.29, 1.82) is 0 Å². The molecular formula is C31H46N7NaO9S3. The summed E-state index contributed by atoms with van der Waals surface area (Å²) in [6.45, 7) is 8.18. The third-order valence-electron chi connectivity index (χ3n) is 9.68. The van der Waals surface area contributed by atoms with E-state index >= 15 is 0 Å². The van der Waals surface area contributed by atoms with Gasteiger partial charge in [-0.25, -0.2) is 26.4 Å². The van der Waals surface area contributed by atoms with Gasteiger partial charge in [0.2, 0.25) is 10.0 Å². The number of aliphatic hydroxyl groups is 1. The third kappa shape index (κ3) is 10.3. The summed E-state index contributed by atoms with van der Waals surface area (Å²) in [5, 5.41) is 36.3. The number of sulfonamides is 1. The quantitative estimate of drug-likeness (QED) is 0.0886. The van der Waals surface area contributed by atoms with Crippen LogP contribution in [0.4, 0.5) is 9.80 Å². The van der Waals surface area contributed by atoms with Gasteiger partial charge in [0, 0.05) is 34.1 Å². The van der Waals surface area contributed by atoms with Gasteiger partial charge in [0.15, 0.2) is 5.00 Å². The molecule has 5 atom stereocenters. The Kier molecular flexibility index (Phi) is 13.4. The van der Waals surface area contributed by atoms with E-state index in [0.717, 1.165) is 11.5 Å². The van der Waals surface area contributed by atoms with E-state index in [1.165, 1.54) is 19.2 Å². The Morgan fingerprint density at radius 1 is 1.12 bits per heavy atom. The molecule has 5 rings (SSSR count). The molecule has 0 radical (unpaired) electrons. The maximum atomic E-state index is 13.6. The van der Waals surface area contributed by atoms with Crippen LogP contribution in [0.15, 0.2) is 44.6 Å². The van der Waals surface area contributed by atoms with Crippen LogP contribution >= 0.6 is 11.5 Å². The summed E-state index contributed by atoms with van der Waals surface area (Å²) in [6, 6.07) is 2.80. The van der Waals surface area contributed by atoms with E-state index in [9.17, 15) is 36.5 Å². The second kappa shape index (κ2) is 16.3. The number of carbonyl (C=O) groups is 1. The van der Waals surface area contributed by atoms with Crippen LogP contribution in [0.2, 0.25) is 0 Å². The number of rotatable bonds is 9. The Hall–Kier alpha value is -1.78. The van der Waals surface area contributed by atoms with Crippen molar-refractivity contribution in [3.8, 4) is 0 Å². The molecule has 6 N–H and O–H groups in total.